The van der Waals surface area contributed by atoms with E-state index in [1.54, 1.807) is 11.3 Å². The molecule has 1 aliphatic rings. The van der Waals surface area contributed by atoms with Gasteiger partial charge in [-0.2, -0.15) is 4.98 Å². The first-order valence-electron chi connectivity index (χ1n) is 7.18. The zero-order valence-electron chi connectivity index (χ0n) is 12.0. The van der Waals surface area contributed by atoms with Crippen LogP contribution in [0.15, 0.2) is 16.7 Å². The van der Waals surface area contributed by atoms with Crippen molar-refractivity contribution in [1.29, 1.82) is 0 Å². The molecule has 5 nitrogen and oxygen atoms in total. The molecule has 0 spiro atoms. The number of hydrogen-bond donors (Lipinski definition) is 1. The normalized spacial score (nSPS) is 20.0. The number of aromatic nitrogens is 2. The highest BCUT2D eigenvalue weighted by Crippen LogP contribution is 2.21. The van der Waals surface area contributed by atoms with E-state index in [2.05, 4.69) is 26.4 Å². The van der Waals surface area contributed by atoms with E-state index in [1.807, 2.05) is 13.0 Å². The minimum atomic E-state index is 0.507. The lowest BCUT2D eigenvalue weighted by Crippen LogP contribution is -2.45. The number of likely N-dealkylation sites (tertiary alicyclic amines) is 1. The second kappa shape index (κ2) is 6.87. The van der Waals surface area contributed by atoms with Gasteiger partial charge in [0, 0.05) is 30.9 Å². The van der Waals surface area contributed by atoms with Crippen molar-refractivity contribution >= 4 is 22.9 Å². The molecule has 1 N–H and O–H groups in total. The lowest BCUT2D eigenvalue weighted by atomic mass is 10.1. The average Bonchev–Trinajstić information content (AvgIpc) is 3.06. The third-order valence-corrected chi connectivity index (χ3v) is 4.87. The van der Waals surface area contributed by atoms with Gasteiger partial charge in [0.2, 0.25) is 5.89 Å². The predicted molar refractivity (Wildman–Crippen MR) is 83.5 cm³/mol. The van der Waals surface area contributed by atoms with Crippen molar-refractivity contribution in [2.75, 3.05) is 13.1 Å². The Bertz CT molecular complexity index is 585. The Morgan fingerprint density at radius 3 is 3.14 bits per heavy atom. The maximum absolute atomic E-state index is 5.96. The van der Waals surface area contributed by atoms with E-state index >= 15 is 0 Å². The summed E-state index contributed by atoms with van der Waals surface area (Å²) in [5, 5.41) is 7.59. The van der Waals surface area contributed by atoms with Gasteiger partial charge in [-0.1, -0.05) is 16.8 Å². The van der Waals surface area contributed by atoms with Crippen LogP contribution < -0.4 is 5.32 Å². The molecule has 7 heteroatoms. The fourth-order valence-corrected chi connectivity index (χ4v) is 3.70. The third kappa shape index (κ3) is 4.26. The summed E-state index contributed by atoms with van der Waals surface area (Å²) in [5.74, 6) is 1.41. The van der Waals surface area contributed by atoms with Crippen molar-refractivity contribution in [1.82, 2.24) is 20.4 Å². The van der Waals surface area contributed by atoms with E-state index in [0.717, 1.165) is 36.3 Å². The first-order chi connectivity index (χ1) is 10.2. The van der Waals surface area contributed by atoms with Crippen LogP contribution in [-0.4, -0.2) is 34.2 Å². The second-order valence-electron chi connectivity index (χ2n) is 5.39. The van der Waals surface area contributed by atoms with Gasteiger partial charge in [0.25, 0.3) is 0 Å². The summed E-state index contributed by atoms with van der Waals surface area (Å²) in [7, 11) is 0. The number of nitrogens with one attached hydrogen (secondary N) is 1. The molecule has 0 saturated carbocycles. The lowest BCUT2D eigenvalue weighted by molar-refractivity contribution is 0.177. The largest absolute Gasteiger partial charge is 0.340 e. The molecule has 0 aromatic carbocycles. The van der Waals surface area contributed by atoms with E-state index in [0.29, 0.717) is 11.9 Å². The summed E-state index contributed by atoms with van der Waals surface area (Å²) in [6, 6.07) is 4.55. The molecule has 1 aliphatic heterocycles. The van der Waals surface area contributed by atoms with Crippen molar-refractivity contribution in [3.05, 3.63) is 33.1 Å². The molecule has 0 aliphatic carbocycles. The quantitative estimate of drug-likeness (QED) is 0.915. The zero-order chi connectivity index (χ0) is 14.7. The monoisotopic (exact) mass is 326 g/mol. The van der Waals surface area contributed by atoms with Gasteiger partial charge in [-0.05, 0) is 31.5 Å². The zero-order valence-corrected chi connectivity index (χ0v) is 13.6. The Hall–Kier alpha value is -0.950. The van der Waals surface area contributed by atoms with Crippen LogP contribution in [0.3, 0.4) is 0 Å². The molecule has 0 bridgehead atoms. The highest BCUT2D eigenvalue weighted by atomic mass is 35.5. The molecule has 1 fully saturated rings. The molecule has 1 unspecified atom stereocenters. The molecule has 0 amide bonds. The Balaban J connectivity index is 1.48. The molecule has 1 saturated heterocycles. The van der Waals surface area contributed by atoms with Crippen LogP contribution in [0.5, 0.6) is 0 Å². The van der Waals surface area contributed by atoms with E-state index in [9.17, 15) is 0 Å². The summed E-state index contributed by atoms with van der Waals surface area (Å²) < 4.78 is 5.88. The molecule has 3 heterocycles. The highest BCUT2D eigenvalue weighted by molar-refractivity contribution is 7.16. The number of halogens is 1. The summed E-state index contributed by atoms with van der Waals surface area (Å²) >= 11 is 7.60. The van der Waals surface area contributed by atoms with Gasteiger partial charge in [0.05, 0.1) is 10.9 Å². The summed E-state index contributed by atoms with van der Waals surface area (Å²) in [6.45, 7) is 5.59. The van der Waals surface area contributed by atoms with Crippen LogP contribution >= 0.6 is 22.9 Å². The molecular weight excluding hydrogens is 308 g/mol. The number of rotatable bonds is 5. The SMILES string of the molecule is Cc1nc(CN2CCCC(NCc3ccc(Cl)s3)C2)no1. The molecular formula is C14H19ClN4OS. The third-order valence-electron chi connectivity index (χ3n) is 3.63. The van der Waals surface area contributed by atoms with Crippen molar-refractivity contribution in [2.24, 2.45) is 0 Å². The summed E-state index contributed by atoms with van der Waals surface area (Å²) in [5.41, 5.74) is 0. The number of hydrogen-bond acceptors (Lipinski definition) is 6. The Labute approximate surface area is 133 Å². The van der Waals surface area contributed by atoms with Gasteiger partial charge in [-0.15, -0.1) is 11.3 Å². The minimum Gasteiger partial charge on any atom is -0.340 e. The maximum Gasteiger partial charge on any atom is 0.223 e. The van der Waals surface area contributed by atoms with Crippen LogP contribution in [0.4, 0.5) is 0 Å². The first-order valence-corrected chi connectivity index (χ1v) is 8.37. The van der Waals surface area contributed by atoms with Crippen LogP contribution in [0.1, 0.15) is 29.4 Å². The first kappa shape index (κ1) is 15.0. The van der Waals surface area contributed by atoms with Crippen LogP contribution in [0, 0.1) is 6.92 Å². The molecule has 2 aromatic heterocycles. The van der Waals surface area contributed by atoms with Gasteiger partial charge in [0.1, 0.15) is 0 Å². The average molecular weight is 327 g/mol. The number of aryl methyl sites for hydroxylation is 1. The summed E-state index contributed by atoms with van der Waals surface area (Å²) in [4.78, 5) is 7.94. The molecule has 114 valence electrons. The van der Waals surface area contributed by atoms with Crippen LogP contribution in [-0.2, 0) is 13.1 Å². The second-order valence-corrected chi connectivity index (χ2v) is 7.19. The van der Waals surface area contributed by atoms with Gasteiger partial charge >= 0.3 is 0 Å². The Morgan fingerprint density at radius 2 is 2.43 bits per heavy atom. The van der Waals surface area contributed by atoms with Gasteiger partial charge < -0.3 is 9.84 Å². The molecule has 3 rings (SSSR count). The van der Waals surface area contributed by atoms with Gasteiger partial charge in [-0.25, -0.2) is 0 Å². The van der Waals surface area contributed by atoms with Crippen LogP contribution in [0.25, 0.3) is 0 Å². The minimum absolute atomic E-state index is 0.507. The van der Waals surface area contributed by atoms with Crippen LogP contribution in [0.2, 0.25) is 4.34 Å². The van der Waals surface area contributed by atoms with Crippen molar-refractivity contribution in [3.63, 3.8) is 0 Å². The Morgan fingerprint density at radius 1 is 1.52 bits per heavy atom. The van der Waals surface area contributed by atoms with Gasteiger partial charge in [0.15, 0.2) is 5.82 Å². The predicted octanol–water partition coefficient (Wildman–Crippen LogP) is 2.85. The fourth-order valence-electron chi connectivity index (χ4n) is 2.66. The molecule has 21 heavy (non-hydrogen) atoms. The van der Waals surface area contributed by atoms with E-state index in [-0.39, 0.29) is 0 Å². The van der Waals surface area contributed by atoms with Crippen molar-refractivity contribution in [2.45, 2.75) is 38.9 Å². The number of piperidine rings is 1. The molecule has 0 radical (unpaired) electrons. The smallest absolute Gasteiger partial charge is 0.223 e. The van der Waals surface area contributed by atoms with E-state index in [4.69, 9.17) is 16.1 Å². The summed E-state index contributed by atoms with van der Waals surface area (Å²) in [6.07, 6.45) is 2.40. The maximum atomic E-state index is 5.96. The number of thiophene rings is 1. The van der Waals surface area contributed by atoms with Crippen molar-refractivity contribution in [3.8, 4) is 0 Å². The Kier molecular flexibility index (Phi) is 4.90. The number of nitrogens with zero attached hydrogens (tertiary/aromatic N) is 3. The van der Waals surface area contributed by atoms with E-state index < -0.39 is 0 Å². The standard InChI is InChI=1S/C14H19ClN4OS/c1-10-17-14(18-20-10)9-19-6-2-3-11(8-19)16-7-12-4-5-13(15)21-12/h4-5,11,16H,2-3,6-9H2,1H3. The highest BCUT2D eigenvalue weighted by Gasteiger charge is 2.21. The van der Waals surface area contributed by atoms with Crippen molar-refractivity contribution < 1.29 is 4.52 Å². The fraction of sp³-hybridized carbons (Fsp3) is 0.571. The van der Waals surface area contributed by atoms with Gasteiger partial charge in [-0.3, -0.25) is 4.90 Å². The molecule has 2 aromatic rings. The lowest BCUT2D eigenvalue weighted by Gasteiger charge is -2.32. The van der Waals surface area contributed by atoms with E-state index in [1.165, 1.54) is 17.7 Å². The topological polar surface area (TPSA) is 54.2 Å². The molecule has 1 atom stereocenters.